The van der Waals surface area contributed by atoms with Crippen LogP contribution in [0.3, 0.4) is 0 Å². The minimum absolute atomic E-state index is 0.0138. The number of nitrogens with one attached hydrogen (secondary N) is 1. The molecular formula is C30H27ClF3N3O2. The van der Waals surface area contributed by atoms with Crippen LogP contribution in [-0.2, 0) is 10.9 Å². The molecule has 1 aliphatic rings. The molecule has 5 nitrogen and oxygen atoms in total. The van der Waals surface area contributed by atoms with E-state index >= 15 is 0 Å². The molecule has 202 valence electrons. The Labute approximate surface area is 229 Å². The minimum atomic E-state index is -4.54. The maximum absolute atomic E-state index is 14.0. The Morgan fingerprint density at radius 1 is 0.846 bits per heavy atom. The number of amides is 1. The van der Waals surface area contributed by atoms with Crippen LogP contribution in [0.2, 0.25) is 5.02 Å². The van der Waals surface area contributed by atoms with Crippen molar-refractivity contribution in [2.45, 2.75) is 6.18 Å². The third kappa shape index (κ3) is 6.19. The van der Waals surface area contributed by atoms with Gasteiger partial charge in [-0.25, -0.2) is 0 Å². The molecule has 1 aliphatic heterocycles. The highest BCUT2D eigenvalue weighted by atomic mass is 35.5. The maximum Gasteiger partial charge on any atom is 0.418 e. The van der Waals surface area contributed by atoms with Gasteiger partial charge < -0.3 is 14.6 Å². The summed E-state index contributed by atoms with van der Waals surface area (Å²) in [4.78, 5) is 14.9. The second-order valence-electron chi connectivity index (χ2n) is 9.25. The van der Waals surface area contributed by atoms with Crippen molar-refractivity contribution >= 4 is 17.5 Å². The molecular weight excluding hydrogens is 527 g/mol. The van der Waals surface area contributed by atoms with Gasteiger partial charge in [0, 0.05) is 36.8 Å². The second-order valence-corrected chi connectivity index (χ2v) is 9.68. The van der Waals surface area contributed by atoms with Crippen LogP contribution >= 0.6 is 11.6 Å². The van der Waals surface area contributed by atoms with E-state index in [1.54, 1.807) is 71.3 Å². The van der Waals surface area contributed by atoms with Gasteiger partial charge in [0.15, 0.2) is 0 Å². The smallest absolute Gasteiger partial charge is 0.379 e. The minimum Gasteiger partial charge on any atom is -0.379 e. The molecule has 1 amide bonds. The molecule has 0 radical (unpaired) electrons. The van der Waals surface area contributed by atoms with Crippen LogP contribution in [0.25, 0.3) is 28.2 Å². The highest BCUT2D eigenvalue weighted by molar-refractivity contribution is 6.30. The number of para-hydroxylation sites is 1. The lowest BCUT2D eigenvalue weighted by molar-refractivity contribution is -0.137. The van der Waals surface area contributed by atoms with Crippen LogP contribution in [0, 0.1) is 0 Å². The predicted octanol–water partition coefficient (Wildman–Crippen LogP) is 6.55. The standard InChI is InChI=1S/C30H27ClF3N3O2/c31-24-11-9-22(10-12-24)27-14-13-26(37(27)28-4-2-1-3-25(28)30(32,33)34)21-5-7-23(8-6-21)29(38)35-15-16-36-17-19-39-20-18-36/h1-14H,15-20H2,(H,35,38). The van der Waals surface area contributed by atoms with E-state index in [1.165, 1.54) is 12.1 Å². The first-order valence-electron chi connectivity index (χ1n) is 12.6. The van der Waals surface area contributed by atoms with E-state index in [1.807, 2.05) is 0 Å². The number of rotatable bonds is 7. The Kier molecular flexibility index (Phi) is 8.07. The maximum atomic E-state index is 14.0. The van der Waals surface area contributed by atoms with E-state index in [9.17, 15) is 18.0 Å². The van der Waals surface area contributed by atoms with Crippen LogP contribution in [0.4, 0.5) is 13.2 Å². The third-order valence-electron chi connectivity index (χ3n) is 6.73. The van der Waals surface area contributed by atoms with Crippen LogP contribution in [0.1, 0.15) is 15.9 Å². The number of benzene rings is 3. The van der Waals surface area contributed by atoms with Gasteiger partial charge in [-0.2, -0.15) is 13.2 Å². The lowest BCUT2D eigenvalue weighted by atomic mass is 10.1. The summed E-state index contributed by atoms with van der Waals surface area (Å²) in [7, 11) is 0. The number of carbonyl (C=O) groups is 1. The van der Waals surface area contributed by atoms with Crippen molar-refractivity contribution in [3.63, 3.8) is 0 Å². The van der Waals surface area contributed by atoms with E-state index in [4.69, 9.17) is 16.3 Å². The summed E-state index contributed by atoms with van der Waals surface area (Å²) in [6, 6.07) is 22.9. The molecule has 1 saturated heterocycles. The molecule has 39 heavy (non-hydrogen) atoms. The van der Waals surface area contributed by atoms with Crippen LogP contribution < -0.4 is 5.32 Å². The normalized spacial score (nSPS) is 14.4. The van der Waals surface area contributed by atoms with Gasteiger partial charge in [0.25, 0.3) is 5.91 Å². The van der Waals surface area contributed by atoms with E-state index in [0.29, 0.717) is 47.3 Å². The lowest BCUT2D eigenvalue weighted by Crippen LogP contribution is -2.41. The van der Waals surface area contributed by atoms with Gasteiger partial charge in [0.05, 0.1) is 35.9 Å². The Morgan fingerprint density at radius 2 is 1.44 bits per heavy atom. The Hall–Kier alpha value is -3.59. The van der Waals surface area contributed by atoms with Crippen molar-refractivity contribution in [1.29, 1.82) is 0 Å². The van der Waals surface area contributed by atoms with Crippen molar-refractivity contribution in [2.24, 2.45) is 0 Å². The average molecular weight is 554 g/mol. The fourth-order valence-electron chi connectivity index (χ4n) is 4.72. The molecule has 9 heteroatoms. The van der Waals surface area contributed by atoms with Crippen molar-refractivity contribution in [3.8, 4) is 28.2 Å². The second kappa shape index (κ2) is 11.7. The summed E-state index contributed by atoms with van der Waals surface area (Å²) >= 11 is 6.06. The van der Waals surface area contributed by atoms with Crippen LogP contribution in [0.15, 0.2) is 84.9 Å². The summed E-state index contributed by atoms with van der Waals surface area (Å²) in [6.45, 7) is 4.35. The molecule has 0 aliphatic carbocycles. The van der Waals surface area contributed by atoms with Gasteiger partial charge in [-0.1, -0.05) is 48.0 Å². The number of hydrogen-bond acceptors (Lipinski definition) is 3. The summed E-state index contributed by atoms with van der Waals surface area (Å²) < 4.78 is 49.1. The first-order valence-corrected chi connectivity index (χ1v) is 13.0. The van der Waals surface area contributed by atoms with Gasteiger partial charge >= 0.3 is 6.18 Å². The van der Waals surface area contributed by atoms with Gasteiger partial charge in [-0.3, -0.25) is 9.69 Å². The predicted molar refractivity (Wildman–Crippen MR) is 146 cm³/mol. The van der Waals surface area contributed by atoms with Crippen LogP contribution in [0.5, 0.6) is 0 Å². The topological polar surface area (TPSA) is 46.5 Å². The van der Waals surface area contributed by atoms with Crippen molar-refractivity contribution < 1.29 is 22.7 Å². The van der Waals surface area contributed by atoms with Gasteiger partial charge in [0.1, 0.15) is 0 Å². The largest absolute Gasteiger partial charge is 0.418 e. The van der Waals surface area contributed by atoms with Crippen LogP contribution in [-0.4, -0.2) is 54.8 Å². The molecule has 1 fully saturated rings. The quantitative estimate of drug-likeness (QED) is 0.282. The molecule has 1 aromatic heterocycles. The number of hydrogen-bond donors (Lipinski definition) is 1. The zero-order valence-electron chi connectivity index (χ0n) is 21.0. The molecule has 3 aromatic carbocycles. The fourth-order valence-corrected chi connectivity index (χ4v) is 4.85. The number of carbonyl (C=O) groups excluding carboxylic acids is 1. The summed E-state index contributed by atoms with van der Waals surface area (Å²) in [6.07, 6.45) is -4.54. The van der Waals surface area contributed by atoms with Crippen molar-refractivity contribution in [2.75, 3.05) is 39.4 Å². The van der Waals surface area contributed by atoms with E-state index in [2.05, 4.69) is 10.2 Å². The number of nitrogens with zero attached hydrogens (tertiary/aromatic N) is 2. The first-order chi connectivity index (χ1) is 18.8. The molecule has 5 rings (SSSR count). The fraction of sp³-hybridized carbons (Fsp3) is 0.233. The number of morpholine rings is 1. The van der Waals surface area contributed by atoms with E-state index < -0.39 is 11.7 Å². The summed E-state index contributed by atoms with van der Waals surface area (Å²) in [5.74, 6) is -0.200. The summed E-state index contributed by atoms with van der Waals surface area (Å²) in [5, 5.41) is 3.47. The van der Waals surface area contributed by atoms with Crippen molar-refractivity contribution in [3.05, 3.63) is 101 Å². The first kappa shape index (κ1) is 27.0. The Morgan fingerprint density at radius 3 is 2.05 bits per heavy atom. The van der Waals surface area contributed by atoms with E-state index in [-0.39, 0.29) is 11.6 Å². The molecule has 0 spiro atoms. The Balaban J connectivity index is 1.45. The SMILES string of the molecule is O=C(NCCN1CCOCC1)c1ccc(-c2ccc(-c3ccc(Cl)cc3)n2-c2ccccc2C(F)(F)F)cc1. The van der Waals surface area contributed by atoms with Crippen molar-refractivity contribution in [1.82, 2.24) is 14.8 Å². The molecule has 0 bridgehead atoms. The third-order valence-corrected chi connectivity index (χ3v) is 6.98. The van der Waals surface area contributed by atoms with Gasteiger partial charge in [-0.15, -0.1) is 0 Å². The lowest BCUT2D eigenvalue weighted by Gasteiger charge is -2.26. The Bertz CT molecular complexity index is 1430. The highest BCUT2D eigenvalue weighted by Gasteiger charge is 2.34. The summed E-state index contributed by atoms with van der Waals surface area (Å²) in [5.41, 5.74) is 2.30. The molecule has 0 atom stereocenters. The molecule has 0 unspecified atom stereocenters. The molecule has 1 N–H and O–H groups in total. The number of halogens is 4. The zero-order chi connectivity index (χ0) is 27.4. The molecule has 2 heterocycles. The number of aromatic nitrogens is 1. The van der Waals surface area contributed by atoms with Gasteiger partial charge in [0.2, 0.25) is 0 Å². The zero-order valence-corrected chi connectivity index (χ0v) is 21.8. The number of alkyl halides is 3. The highest BCUT2D eigenvalue weighted by Crippen LogP contribution is 2.39. The van der Waals surface area contributed by atoms with E-state index in [0.717, 1.165) is 31.3 Å². The number of ether oxygens (including phenoxy) is 1. The monoisotopic (exact) mass is 553 g/mol. The molecule has 0 saturated carbocycles. The van der Waals surface area contributed by atoms with Gasteiger partial charge in [-0.05, 0) is 59.7 Å². The average Bonchev–Trinajstić information content (AvgIpc) is 3.39. The molecule has 4 aromatic rings.